The summed E-state index contributed by atoms with van der Waals surface area (Å²) < 4.78 is 0. The van der Waals surface area contributed by atoms with Gasteiger partial charge in [-0.25, -0.2) is 0 Å². The third-order valence-electron chi connectivity index (χ3n) is 4.24. The van der Waals surface area contributed by atoms with Crippen molar-refractivity contribution < 1.29 is 15.0 Å². The van der Waals surface area contributed by atoms with Gasteiger partial charge in [0.25, 0.3) is 0 Å². The third-order valence-corrected chi connectivity index (χ3v) is 4.24. The van der Waals surface area contributed by atoms with E-state index in [1.54, 1.807) is 13.8 Å². The van der Waals surface area contributed by atoms with Crippen molar-refractivity contribution in [2.45, 2.75) is 52.2 Å². The predicted molar refractivity (Wildman–Crippen MR) is 80.5 cm³/mol. The highest BCUT2D eigenvalue weighted by Gasteiger charge is 2.32. The average molecular weight is 278 g/mol. The van der Waals surface area contributed by atoms with Crippen molar-refractivity contribution in [3.8, 4) is 0 Å². The van der Waals surface area contributed by atoms with E-state index in [1.807, 2.05) is 44.2 Å². The Hall–Kier alpha value is -1.19. The molecule has 5 atom stereocenters. The molecule has 0 spiro atoms. The molecular weight excluding hydrogens is 252 g/mol. The Morgan fingerprint density at radius 1 is 1.05 bits per heavy atom. The van der Waals surface area contributed by atoms with Crippen molar-refractivity contribution in [2.24, 2.45) is 11.8 Å². The van der Waals surface area contributed by atoms with Crippen LogP contribution in [0.15, 0.2) is 30.3 Å². The van der Waals surface area contributed by atoms with Crippen molar-refractivity contribution in [1.82, 2.24) is 0 Å². The van der Waals surface area contributed by atoms with E-state index in [1.165, 1.54) is 0 Å². The van der Waals surface area contributed by atoms with Gasteiger partial charge < -0.3 is 10.2 Å². The summed E-state index contributed by atoms with van der Waals surface area (Å²) in [6.07, 6.45) is -0.829. The second kappa shape index (κ2) is 7.55. The van der Waals surface area contributed by atoms with Gasteiger partial charge >= 0.3 is 0 Å². The molecule has 0 heterocycles. The van der Waals surface area contributed by atoms with Crippen LogP contribution in [0.3, 0.4) is 0 Å². The van der Waals surface area contributed by atoms with E-state index in [-0.39, 0.29) is 11.7 Å². The summed E-state index contributed by atoms with van der Waals surface area (Å²) in [5.41, 5.74) is 1.02. The Morgan fingerprint density at radius 3 is 2.10 bits per heavy atom. The molecule has 0 saturated carbocycles. The molecule has 0 bridgehead atoms. The Morgan fingerprint density at radius 2 is 1.60 bits per heavy atom. The molecule has 1 aromatic carbocycles. The molecule has 0 aliphatic carbocycles. The van der Waals surface area contributed by atoms with E-state index < -0.39 is 24.0 Å². The van der Waals surface area contributed by atoms with E-state index in [9.17, 15) is 15.0 Å². The Kier molecular flexibility index (Phi) is 6.37. The monoisotopic (exact) mass is 278 g/mol. The molecule has 1 aromatic rings. The van der Waals surface area contributed by atoms with Crippen LogP contribution >= 0.6 is 0 Å². The van der Waals surface area contributed by atoms with Gasteiger partial charge in [-0.1, -0.05) is 58.0 Å². The minimum atomic E-state index is -0.739. The summed E-state index contributed by atoms with van der Waals surface area (Å²) in [5.74, 6) is -1.11. The second-order valence-corrected chi connectivity index (χ2v) is 5.65. The molecule has 2 N–H and O–H groups in total. The lowest BCUT2D eigenvalue weighted by molar-refractivity contribution is -0.133. The van der Waals surface area contributed by atoms with Crippen LogP contribution in [0, 0.1) is 11.8 Å². The number of carbonyl (C=O) groups excluding carboxylic acids is 1. The SMILES string of the molecule is CC[C@@H](O)[C@@H](C)C(=O)[C@H](C)[C@H](O)[C@H](C)c1ccccc1. The quantitative estimate of drug-likeness (QED) is 0.806. The lowest BCUT2D eigenvalue weighted by atomic mass is 9.81. The fourth-order valence-electron chi connectivity index (χ4n) is 2.51. The maximum atomic E-state index is 12.3. The lowest BCUT2D eigenvalue weighted by Gasteiger charge is -2.27. The zero-order valence-electron chi connectivity index (χ0n) is 12.8. The minimum absolute atomic E-state index is 0.0744. The van der Waals surface area contributed by atoms with Crippen LogP contribution < -0.4 is 0 Å². The molecule has 20 heavy (non-hydrogen) atoms. The van der Waals surface area contributed by atoms with Crippen molar-refractivity contribution in [3.63, 3.8) is 0 Å². The molecule has 0 aliphatic rings. The van der Waals surface area contributed by atoms with Gasteiger partial charge in [-0.15, -0.1) is 0 Å². The Labute approximate surface area is 121 Å². The smallest absolute Gasteiger partial charge is 0.143 e. The van der Waals surface area contributed by atoms with E-state index in [0.717, 1.165) is 5.56 Å². The zero-order valence-corrected chi connectivity index (χ0v) is 12.8. The highest BCUT2D eigenvalue weighted by atomic mass is 16.3. The molecule has 0 radical (unpaired) electrons. The Bertz CT molecular complexity index is 416. The normalized spacial score (nSPS) is 18.9. The number of ketones is 1. The van der Waals surface area contributed by atoms with Crippen LogP contribution in [0.2, 0.25) is 0 Å². The van der Waals surface area contributed by atoms with E-state index >= 15 is 0 Å². The number of Topliss-reactive ketones (excluding diaryl/α,β-unsaturated/α-hetero) is 1. The van der Waals surface area contributed by atoms with Gasteiger partial charge in [0.05, 0.1) is 12.2 Å². The highest BCUT2D eigenvalue weighted by Crippen LogP contribution is 2.26. The predicted octanol–water partition coefficient (Wildman–Crippen LogP) is 2.76. The van der Waals surface area contributed by atoms with Gasteiger partial charge in [0.15, 0.2) is 0 Å². The number of rotatable bonds is 7. The van der Waals surface area contributed by atoms with Gasteiger partial charge in [0.1, 0.15) is 5.78 Å². The topological polar surface area (TPSA) is 57.5 Å². The van der Waals surface area contributed by atoms with Crippen LogP contribution in [-0.4, -0.2) is 28.2 Å². The van der Waals surface area contributed by atoms with Gasteiger partial charge in [-0.3, -0.25) is 4.79 Å². The number of hydrogen-bond donors (Lipinski definition) is 2. The van der Waals surface area contributed by atoms with Crippen LogP contribution in [-0.2, 0) is 4.79 Å². The van der Waals surface area contributed by atoms with Crippen LogP contribution in [0.1, 0.15) is 45.6 Å². The molecular formula is C17H26O3. The first kappa shape index (κ1) is 16.9. The summed E-state index contributed by atoms with van der Waals surface area (Å²) in [6.45, 7) is 7.24. The van der Waals surface area contributed by atoms with Crippen molar-refractivity contribution >= 4 is 5.78 Å². The highest BCUT2D eigenvalue weighted by molar-refractivity contribution is 5.84. The summed E-state index contributed by atoms with van der Waals surface area (Å²) in [5, 5.41) is 20.2. The molecule has 1 rings (SSSR count). The molecule has 0 aliphatic heterocycles. The molecule has 0 aromatic heterocycles. The van der Waals surface area contributed by atoms with Gasteiger partial charge in [0, 0.05) is 17.8 Å². The van der Waals surface area contributed by atoms with Crippen LogP contribution in [0.4, 0.5) is 0 Å². The van der Waals surface area contributed by atoms with Crippen LogP contribution in [0.5, 0.6) is 0 Å². The first-order chi connectivity index (χ1) is 9.40. The largest absolute Gasteiger partial charge is 0.392 e. The fraction of sp³-hybridized carbons (Fsp3) is 0.588. The van der Waals surface area contributed by atoms with Gasteiger partial charge in [-0.2, -0.15) is 0 Å². The Balaban J connectivity index is 2.76. The summed E-state index contributed by atoms with van der Waals surface area (Å²) in [4.78, 5) is 12.3. The standard InChI is InChI=1S/C17H26O3/c1-5-15(18)12(3)17(20)13(4)16(19)11(2)14-9-7-6-8-10-14/h6-13,15-16,18-19H,5H2,1-4H3/t11-,12-,13-,15-,16-/m1/s1. The van der Waals surface area contributed by atoms with Crippen molar-refractivity contribution in [1.29, 1.82) is 0 Å². The number of aliphatic hydroxyl groups excluding tert-OH is 2. The van der Waals surface area contributed by atoms with Crippen molar-refractivity contribution in [2.75, 3.05) is 0 Å². The molecule has 112 valence electrons. The lowest BCUT2D eigenvalue weighted by Crippen LogP contribution is -2.37. The maximum Gasteiger partial charge on any atom is 0.143 e. The first-order valence-electron chi connectivity index (χ1n) is 7.34. The third kappa shape index (κ3) is 3.90. The maximum absolute atomic E-state index is 12.3. The molecule has 3 heteroatoms. The van der Waals surface area contributed by atoms with E-state index in [2.05, 4.69) is 0 Å². The molecule has 0 amide bonds. The van der Waals surface area contributed by atoms with E-state index in [4.69, 9.17) is 0 Å². The van der Waals surface area contributed by atoms with E-state index in [0.29, 0.717) is 6.42 Å². The second-order valence-electron chi connectivity index (χ2n) is 5.65. The fourth-order valence-corrected chi connectivity index (χ4v) is 2.51. The molecule has 3 nitrogen and oxygen atoms in total. The molecule has 0 fully saturated rings. The first-order valence-corrected chi connectivity index (χ1v) is 7.34. The average Bonchev–Trinajstić information content (AvgIpc) is 2.51. The van der Waals surface area contributed by atoms with Gasteiger partial charge in [0.2, 0.25) is 0 Å². The zero-order chi connectivity index (χ0) is 15.3. The molecule has 0 unspecified atom stereocenters. The number of benzene rings is 1. The van der Waals surface area contributed by atoms with Crippen LogP contribution in [0.25, 0.3) is 0 Å². The minimum Gasteiger partial charge on any atom is -0.392 e. The number of hydrogen-bond acceptors (Lipinski definition) is 3. The number of carbonyl (C=O) groups is 1. The number of aliphatic hydroxyl groups is 2. The summed E-state index contributed by atoms with van der Waals surface area (Å²) in [6, 6.07) is 9.69. The molecule has 0 saturated heterocycles. The summed E-state index contributed by atoms with van der Waals surface area (Å²) >= 11 is 0. The van der Waals surface area contributed by atoms with Gasteiger partial charge in [-0.05, 0) is 12.0 Å². The van der Waals surface area contributed by atoms with Crippen molar-refractivity contribution in [3.05, 3.63) is 35.9 Å². The summed E-state index contributed by atoms with van der Waals surface area (Å²) in [7, 11) is 0.